The highest BCUT2D eigenvalue weighted by Crippen LogP contribution is 2.31. The minimum atomic E-state index is -0.308. The number of hydrogen-bond acceptors (Lipinski definition) is 5. The first-order valence-electron chi connectivity index (χ1n) is 9.20. The van der Waals surface area contributed by atoms with Gasteiger partial charge >= 0.3 is 0 Å². The monoisotopic (exact) mass is 378 g/mol. The topological polar surface area (TPSA) is 70.1 Å². The number of nitrogens with zero attached hydrogens (tertiary/aromatic N) is 5. The van der Waals surface area contributed by atoms with Gasteiger partial charge in [-0.25, -0.2) is 9.37 Å². The Morgan fingerprint density at radius 2 is 1.96 bits per heavy atom. The maximum absolute atomic E-state index is 15.0. The standard InChI is InChI=1S/C20H19FN6O/c1-25-6-8-26(9-7-25)17-11-16-13(10-15(17)21)19-14(12-23-16)20(28)27(24-19)18-4-2-3-5-22-18/h2-5,10-12,23H,6-9H2,1H3. The summed E-state index contributed by atoms with van der Waals surface area (Å²) in [5.41, 5.74) is 1.91. The Labute approximate surface area is 160 Å². The Morgan fingerprint density at radius 3 is 2.71 bits per heavy atom. The quantitative estimate of drug-likeness (QED) is 0.579. The van der Waals surface area contributed by atoms with Gasteiger partial charge < -0.3 is 14.8 Å². The van der Waals surface area contributed by atoms with Crippen molar-refractivity contribution in [1.29, 1.82) is 0 Å². The third kappa shape index (κ3) is 2.65. The van der Waals surface area contributed by atoms with Crippen molar-refractivity contribution in [1.82, 2.24) is 24.6 Å². The molecule has 0 atom stereocenters. The van der Waals surface area contributed by atoms with Crippen molar-refractivity contribution in [2.45, 2.75) is 0 Å². The van der Waals surface area contributed by atoms with Gasteiger partial charge in [0.05, 0.1) is 11.3 Å². The fourth-order valence-electron chi connectivity index (χ4n) is 3.69. The first-order valence-corrected chi connectivity index (χ1v) is 9.20. The van der Waals surface area contributed by atoms with Crippen LogP contribution in [-0.4, -0.2) is 57.9 Å². The molecule has 1 aromatic heterocycles. The van der Waals surface area contributed by atoms with Gasteiger partial charge in [-0.15, -0.1) is 0 Å². The molecular formula is C20H19FN6O. The summed E-state index contributed by atoms with van der Waals surface area (Å²) < 4.78 is 16.2. The average Bonchev–Trinajstić information content (AvgIpc) is 3.06. The van der Waals surface area contributed by atoms with Gasteiger partial charge in [-0.05, 0) is 31.3 Å². The Balaban J connectivity index is 1.65. The fourth-order valence-corrected chi connectivity index (χ4v) is 3.69. The van der Waals surface area contributed by atoms with Crippen LogP contribution < -0.4 is 10.5 Å². The van der Waals surface area contributed by atoms with Gasteiger partial charge in [0.2, 0.25) is 0 Å². The van der Waals surface area contributed by atoms with Gasteiger partial charge in [0.15, 0.2) is 5.82 Å². The molecule has 4 heterocycles. The maximum atomic E-state index is 15.0. The number of nitrogens with one attached hydrogen (secondary N) is 1. The molecule has 0 amide bonds. The summed E-state index contributed by atoms with van der Waals surface area (Å²) in [5, 5.41) is 5.02. The van der Waals surface area contributed by atoms with Crippen LogP contribution in [0.15, 0.2) is 47.5 Å². The van der Waals surface area contributed by atoms with Crippen LogP contribution >= 0.6 is 0 Å². The number of halogens is 1. The van der Waals surface area contributed by atoms with Crippen LogP contribution in [0.2, 0.25) is 0 Å². The smallest absolute Gasteiger partial charge is 0.283 e. The lowest BCUT2D eigenvalue weighted by molar-refractivity contribution is 0.312. The zero-order valence-electron chi connectivity index (χ0n) is 15.4. The second kappa shape index (κ2) is 6.42. The van der Waals surface area contributed by atoms with E-state index in [1.54, 1.807) is 36.7 Å². The number of likely N-dealkylation sites (N-methyl/N-ethyl adjacent to an activating group) is 1. The number of aromatic amines is 1. The highest BCUT2D eigenvalue weighted by atomic mass is 19.1. The first kappa shape index (κ1) is 16.9. The second-order valence-corrected chi connectivity index (χ2v) is 7.10. The van der Waals surface area contributed by atoms with Crippen LogP contribution in [0.4, 0.5) is 10.1 Å². The Bertz CT molecular complexity index is 1180. The van der Waals surface area contributed by atoms with Crippen molar-refractivity contribution in [2.24, 2.45) is 0 Å². The lowest BCUT2D eigenvalue weighted by Crippen LogP contribution is -2.44. The molecule has 1 N–H and O–H groups in total. The first-order chi connectivity index (χ1) is 13.6. The van der Waals surface area contributed by atoms with Gasteiger partial charge in [0.1, 0.15) is 11.5 Å². The van der Waals surface area contributed by atoms with Gasteiger partial charge in [0.25, 0.3) is 5.56 Å². The molecule has 28 heavy (non-hydrogen) atoms. The van der Waals surface area contributed by atoms with Crippen molar-refractivity contribution in [3.8, 4) is 17.1 Å². The third-order valence-electron chi connectivity index (χ3n) is 5.30. The summed E-state index contributed by atoms with van der Waals surface area (Å²) in [6.45, 7) is 3.35. The van der Waals surface area contributed by atoms with Crippen LogP contribution in [-0.2, 0) is 0 Å². The van der Waals surface area contributed by atoms with Crippen LogP contribution in [0, 0.1) is 5.82 Å². The number of aromatic nitrogens is 4. The van der Waals surface area contributed by atoms with E-state index in [1.807, 2.05) is 0 Å². The number of piperazine rings is 1. The molecule has 0 radical (unpaired) electrons. The van der Waals surface area contributed by atoms with E-state index in [4.69, 9.17) is 0 Å². The van der Waals surface area contributed by atoms with Crippen molar-refractivity contribution >= 4 is 16.6 Å². The molecule has 0 bridgehead atoms. The lowest BCUT2D eigenvalue weighted by Gasteiger charge is -2.34. The summed E-state index contributed by atoms with van der Waals surface area (Å²) in [4.78, 5) is 24.3. The third-order valence-corrected chi connectivity index (χ3v) is 5.30. The zero-order chi connectivity index (χ0) is 19.3. The van der Waals surface area contributed by atoms with Crippen molar-refractivity contribution in [3.05, 3.63) is 58.9 Å². The molecule has 142 valence electrons. The molecule has 7 nitrogen and oxygen atoms in total. The number of anilines is 1. The molecule has 2 aromatic rings. The predicted octanol–water partition coefficient (Wildman–Crippen LogP) is 2.10. The molecule has 1 saturated heterocycles. The minimum Gasteiger partial charge on any atom is -0.367 e. The molecule has 0 unspecified atom stereocenters. The Morgan fingerprint density at radius 1 is 1.14 bits per heavy atom. The van der Waals surface area contributed by atoms with E-state index in [0.717, 1.165) is 31.7 Å². The van der Waals surface area contributed by atoms with Crippen molar-refractivity contribution < 1.29 is 4.39 Å². The molecule has 1 aromatic carbocycles. The molecule has 0 aliphatic carbocycles. The molecule has 0 spiro atoms. The van der Waals surface area contributed by atoms with Crippen LogP contribution in [0.1, 0.15) is 0 Å². The number of H-pyrrole nitrogens is 1. The summed E-state index contributed by atoms with van der Waals surface area (Å²) >= 11 is 0. The largest absolute Gasteiger partial charge is 0.367 e. The van der Waals surface area contributed by atoms with Crippen molar-refractivity contribution in [2.75, 3.05) is 38.1 Å². The van der Waals surface area contributed by atoms with Crippen LogP contribution in [0.25, 0.3) is 28.0 Å². The highest BCUT2D eigenvalue weighted by molar-refractivity contribution is 5.95. The summed E-state index contributed by atoms with van der Waals surface area (Å²) in [6, 6.07) is 8.55. The summed E-state index contributed by atoms with van der Waals surface area (Å²) in [7, 11) is 2.07. The molecule has 8 heteroatoms. The maximum Gasteiger partial charge on any atom is 0.283 e. The highest BCUT2D eigenvalue weighted by Gasteiger charge is 2.23. The average molecular weight is 378 g/mol. The van der Waals surface area contributed by atoms with E-state index in [-0.39, 0.29) is 11.4 Å². The molecule has 3 aliphatic rings. The van der Waals surface area contributed by atoms with E-state index in [2.05, 4.69) is 31.9 Å². The molecule has 5 rings (SSSR count). The Hall–Kier alpha value is -3.26. The van der Waals surface area contributed by atoms with Gasteiger partial charge in [-0.2, -0.15) is 9.78 Å². The number of fused-ring (bicyclic) bond motifs is 3. The van der Waals surface area contributed by atoms with Crippen molar-refractivity contribution in [3.63, 3.8) is 0 Å². The number of rotatable bonds is 2. The minimum absolute atomic E-state index is 0.282. The SMILES string of the molecule is CN1CCN(c2cc3[nH]cc4c(=O)n(-c5ccccn5)nc-4c3cc2F)CC1. The Kier molecular flexibility index (Phi) is 3.87. The van der Waals surface area contributed by atoms with E-state index in [0.29, 0.717) is 28.1 Å². The van der Waals surface area contributed by atoms with E-state index in [1.165, 1.54) is 10.7 Å². The van der Waals surface area contributed by atoms with E-state index in [9.17, 15) is 9.18 Å². The van der Waals surface area contributed by atoms with Crippen LogP contribution in [0.5, 0.6) is 0 Å². The fraction of sp³-hybridized carbons (Fsp3) is 0.250. The number of pyridine rings is 2. The van der Waals surface area contributed by atoms with Gasteiger partial charge in [0, 0.05) is 49.5 Å². The predicted molar refractivity (Wildman–Crippen MR) is 106 cm³/mol. The normalized spacial score (nSPS) is 15.6. The molecule has 0 saturated carbocycles. The lowest BCUT2D eigenvalue weighted by atomic mass is 10.1. The van der Waals surface area contributed by atoms with Crippen LogP contribution in [0.3, 0.4) is 0 Å². The number of hydrogen-bond donors (Lipinski definition) is 1. The van der Waals surface area contributed by atoms with Gasteiger partial charge in [-0.3, -0.25) is 4.79 Å². The van der Waals surface area contributed by atoms with E-state index >= 15 is 0 Å². The van der Waals surface area contributed by atoms with E-state index < -0.39 is 0 Å². The second-order valence-electron chi connectivity index (χ2n) is 7.10. The summed E-state index contributed by atoms with van der Waals surface area (Å²) in [5.74, 6) is 0.129. The summed E-state index contributed by atoms with van der Waals surface area (Å²) in [6.07, 6.45) is 3.24. The van der Waals surface area contributed by atoms with Gasteiger partial charge in [-0.1, -0.05) is 6.07 Å². The number of benzene rings is 1. The molecular weight excluding hydrogens is 359 g/mol. The molecule has 1 fully saturated rings. The zero-order valence-corrected chi connectivity index (χ0v) is 15.4. The molecule has 3 aliphatic heterocycles.